The number of aryl methyl sites for hydroxylation is 1. The van der Waals surface area contributed by atoms with E-state index in [1.54, 1.807) is 12.1 Å². The number of aromatic nitrogens is 2. The summed E-state index contributed by atoms with van der Waals surface area (Å²) in [6.45, 7) is 5.43. The predicted octanol–water partition coefficient (Wildman–Crippen LogP) is 6.77. The molecule has 0 unspecified atom stereocenters. The van der Waals surface area contributed by atoms with Gasteiger partial charge in [-0.2, -0.15) is 0 Å². The molecule has 1 aromatic carbocycles. The van der Waals surface area contributed by atoms with Crippen molar-refractivity contribution in [3.63, 3.8) is 0 Å². The van der Waals surface area contributed by atoms with Gasteiger partial charge < -0.3 is 10.2 Å². The minimum atomic E-state index is 0.454. The topological polar surface area (TPSA) is 41.1 Å². The highest BCUT2D eigenvalue weighted by molar-refractivity contribution is 6.42. The molecule has 26 heavy (non-hydrogen) atoms. The Kier molecular flexibility index (Phi) is 6.39. The number of nitrogens with zero attached hydrogens (tertiary/aromatic N) is 3. The van der Waals surface area contributed by atoms with Crippen LogP contribution in [0.25, 0.3) is 0 Å². The fourth-order valence-electron chi connectivity index (χ4n) is 2.74. The molecule has 2 aromatic rings. The van der Waals surface area contributed by atoms with E-state index in [0.29, 0.717) is 55.7 Å². The van der Waals surface area contributed by atoms with Gasteiger partial charge in [0.25, 0.3) is 0 Å². The molecule has 1 aliphatic rings. The summed E-state index contributed by atoms with van der Waals surface area (Å²) < 4.78 is 0. The van der Waals surface area contributed by atoms with Gasteiger partial charge in [-0.1, -0.05) is 53.3 Å². The Morgan fingerprint density at radius 3 is 2.35 bits per heavy atom. The zero-order chi connectivity index (χ0) is 18.8. The van der Waals surface area contributed by atoms with Crippen LogP contribution in [-0.2, 0) is 0 Å². The zero-order valence-corrected chi connectivity index (χ0v) is 17.6. The molecule has 1 N–H and O–H groups in total. The van der Waals surface area contributed by atoms with Gasteiger partial charge >= 0.3 is 0 Å². The summed E-state index contributed by atoms with van der Waals surface area (Å²) in [5, 5.41) is 5.20. The van der Waals surface area contributed by atoms with Gasteiger partial charge in [-0.15, -0.1) is 0 Å². The van der Waals surface area contributed by atoms with Crippen molar-refractivity contribution in [3.05, 3.63) is 38.0 Å². The molecule has 0 amide bonds. The molecule has 1 aromatic heterocycles. The third kappa shape index (κ3) is 4.48. The second kappa shape index (κ2) is 8.39. The van der Waals surface area contributed by atoms with E-state index < -0.39 is 0 Å². The molecule has 140 valence electrons. The average Bonchev–Trinajstić information content (AvgIpc) is 3.38. The minimum absolute atomic E-state index is 0.454. The van der Waals surface area contributed by atoms with Gasteiger partial charge in [-0.3, -0.25) is 0 Å². The second-order valence-electron chi connectivity index (χ2n) is 6.45. The van der Waals surface area contributed by atoms with E-state index in [-0.39, 0.29) is 0 Å². The molecule has 1 aliphatic carbocycles. The van der Waals surface area contributed by atoms with Crippen molar-refractivity contribution in [1.82, 2.24) is 9.97 Å². The largest absolute Gasteiger partial charge is 0.368 e. The number of nitrogens with one attached hydrogen (secondary N) is 1. The number of anilines is 3. The van der Waals surface area contributed by atoms with Crippen molar-refractivity contribution in [3.8, 4) is 0 Å². The van der Waals surface area contributed by atoms with Crippen LogP contribution < -0.4 is 10.2 Å². The summed E-state index contributed by atoms with van der Waals surface area (Å²) in [6, 6.07) is 3.34. The Morgan fingerprint density at radius 2 is 1.77 bits per heavy atom. The van der Waals surface area contributed by atoms with Crippen LogP contribution >= 0.6 is 46.4 Å². The Hall–Kier alpha value is -0.940. The monoisotopic (exact) mass is 432 g/mol. The predicted molar refractivity (Wildman–Crippen MR) is 112 cm³/mol. The molecule has 0 atom stereocenters. The van der Waals surface area contributed by atoms with Crippen LogP contribution in [0.2, 0.25) is 20.1 Å². The van der Waals surface area contributed by atoms with Crippen LogP contribution in [-0.4, -0.2) is 23.1 Å². The third-order valence-electron chi connectivity index (χ3n) is 4.16. The maximum Gasteiger partial charge on any atom is 0.157 e. The maximum absolute atomic E-state index is 6.66. The fourth-order valence-corrected chi connectivity index (χ4v) is 4.02. The molecule has 8 heteroatoms. The quantitative estimate of drug-likeness (QED) is 0.522. The number of rotatable bonds is 7. The van der Waals surface area contributed by atoms with E-state index in [0.717, 1.165) is 13.0 Å². The van der Waals surface area contributed by atoms with Crippen molar-refractivity contribution in [1.29, 1.82) is 0 Å². The molecule has 1 saturated carbocycles. The highest BCUT2D eigenvalue weighted by atomic mass is 35.5. The molecular formula is C18H20Cl4N4. The molecule has 1 fully saturated rings. The van der Waals surface area contributed by atoms with Crippen molar-refractivity contribution in [2.24, 2.45) is 5.92 Å². The lowest BCUT2D eigenvalue weighted by atomic mass is 10.2. The minimum Gasteiger partial charge on any atom is -0.368 e. The zero-order valence-electron chi connectivity index (χ0n) is 14.6. The second-order valence-corrected chi connectivity index (χ2v) is 8.08. The summed E-state index contributed by atoms with van der Waals surface area (Å²) in [7, 11) is 0. The van der Waals surface area contributed by atoms with E-state index in [1.165, 1.54) is 12.8 Å². The van der Waals surface area contributed by atoms with Crippen LogP contribution in [0.4, 0.5) is 17.3 Å². The van der Waals surface area contributed by atoms with Crippen molar-refractivity contribution in [2.75, 3.05) is 23.3 Å². The molecule has 0 radical (unpaired) electrons. The number of hydrogen-bond donors (Lipinski definition) is 1. The third-order valence-corrected chi connectivity index (χ3v) is 5.30. The lowest BCUT2D eigenvalue weighted by Gasteiger charge is -2.27. The van der Waals surface area contributed by atoms with Crippen LogP contribution in [0.1, 0.15) is 32.0 Å². The maximum atomic E-state index is 6.66. The van der Waals surface area contributed by atoms with Gasteiger partial charge in [-0.25, -0.2) is 9.97 Å². The Morgan fingerprint density at radius 1 is 1.12 bits per heavy atom. The van der Waals surface area contributed by atoms with Crippen LogP contribution in [0.3, 0.4) is 0 Å². The molecule has 4 nitrogen and oxygen atoms in total. The van der Waals surface area contributed by atoms with E-state index >= 15 is 0 Å². The molecule has 0 aliphatic heterocycles. The first-order chi connectivity index (χ1) is 12.4. The first-order valence-electron chi connectivity index (χ1n) is 8.60. The summed E-state index contributed by atoms with van der Waals surface area (Å²) >= 11 is 25.6. The smallest absolute Gasteiger partial charge is 0.157 e. The first kappa shape index (κ1) is 19.8. The van der Waals surface area contributed by atoms with E-state index in [1.807, 2.05) is 11.8 Å². The van der Waals surface area contributed by atoms with Gasteiger partial charge in [0.15, 0.2) is 11.6 Å². The van der Waals surface area contributed by atoms with E-state index in [4.69, 9.17) is 46.4 Å². The van der Waals surface area contributed by atoms with Crippen molar-refractivity contribution >= 4 is 63.7 Å². The van der Waals surface area contributed by atoms with Gasteiger partial charge in [-0.05, 0) is 44.2 Å². The first-order valence-corrected chi connectivity index (χ1v) is 10.1. The molecule has 0 bridgehead atoms. The Balaban J connectivity index is 2.05. The highest BCUT2D eigenvalue weighted by Crippen LogP contribution is 2.43. The van der Waals surface area contributed by atoms with E-state index in [2.05, 4.69) is 22.2 Å². The lowest BCUT2D eigenvalue weighted by Crippen LogP contribution is -2.22. The SMILES string of the molecule is CCCN(c1nc(C)nc(NCC2CC2)c1Cl)c1c(Cl)cc(Cl)cc1Cl. The average molecular weight is 434 g/mol. The standard InChI is InChI=1S/C18H20Cl4N4/c1-3-6-26(16-13(20)7-12(19)8-14(16)21)18-15(22)17(24-10(2)25-18)23-9-11-4-5-11/h7-8,11H,3-6,9H2,1-2H3,(H,23,24,25). The summed E-state index contributed by atoms with van der Waals surface area (Å²) in [6.07, 6.45) is 3.36. The fraction of sp³-hybridized carbons (Fsp3) is 0.444. The molecule has 0 saturated heterocycles. The van der Waals surface area contributed by atoms with Crippen LogP contribution in [0, 0.1) is 12.8 Å². The molecule has 3 rings (SSSR count). The lowest BCUT2D eigenvalue weighted by molar-refractivity contribution is 0.853. The number of benzene rings is 1. The highest BCUT2D eigenvalue weighted by Gasteiger charge is 2.25. The van der Waals surface area contributed by atoms with Crippen LogP contribution in [0.15, 0.2) is 12.1 Å². The normalized spacial score (nSPS) is 13.8. The summed E-state index contributed by atoms with van der Waals surface area (Å²) in [5.74, 6) is 2.57. The summed E-state index contributed by atoms with van der Waals surface area (Å²) in [4.78, 5) is 11.0. The molecule has 0 spiro atoms. The number of halogens is 4. The number of hydrogen-bond acceptors (Lipinski definition) is 4. The van der Waals surface area contributed by atoms with Crippen molar-refractivity contribution in [2.45, 2.75) is 33.1 Å². The van der Waals surface area contributed by atoms with Gasteiger partial charge in [0.2, 0.25) is 0 Å². The van der Waals surface area contributed by atoms with Gasteiger partial charge in [0, 0.05) is 18.1 Å². The summed E-state index contributed by atoms with van der Waals surface area (Å²) in [5.41, 5.74) is 0.646. The Bertz CT molecular complexity index is 785. The van der Waals surface area contributed by atoms with Crippen LogP contribution in [0.5, 0.6) is 0 Å². The van der Waals surface area contributed by atoms with E-state index in [9.17, 15) is 0 Å². The van der Waals surface area contributed by atoms with Gasteiger partial charge in [0.1, 0.15) is 10.8 Å². The Labute approximate surface area is 173 Å². The van der Waals surface area contributed by atoms with Gasteiger partial charge in [0.05, 0.1) is 15.7 Å². The van der Waals surface area contributed by atoms with Crippen molar-refractivity contribution < 1.29 is 0 Å². The molecule has 1 heterocycles. The molecular weight excluding hydrogens is 414 g/mol.